The number of ether oxygens (including phenoxy) is 1. The summed E-state index contributed by atoms with van der Waals surface area (Å²) in [7, 11) is 0. The zero-order valence-electron chi connectivity index (χ0n) is 18.1. The fraction of sp³-hybridized carbons (Fsp3) is 0.0833. The molecule has 1 heterocycles. The van der Waals surface area contributed by atoms with Crippen molar-refractivity contribution < 1.29 is 27.6 Å². The van der Waals surface area contributed by atoms with Crippen molar-refractivity contribution in [3.8, 4) is 5.75 Å². The molecular weight excluding hydrogens is 519 g/mol. The van der Waals surface area contributed by atoms with Crippen molar-refractivity contribution in [2.75, 3.05) is 4.90 Å². The maximum absolute atomic E-state index is 13.1. The Morgan fingerprint density at radius 2 is 1.83 bits per heavy atom. The van der Waals surface area contributed by atoms with Gasteiger partial charge in [-0.15, -0.1) is 0 Å². The van der Waals surface area contributed by atoms with Gasteiger partial charge in [0.2, 0.25) is 0 Å². The number of anilines is 1. The number of nitro benzene ring substituents is 1. The molecule has 0 aromatic heterocycles. The third kappa shape index (κ3) is 5.52. The summed E-state index contributed by atoms with van der Waals surface area (Å²) < 4.78 is 45.2. The van der Waals surface area contributed by atoms with Gasteiger partial charge in [0.25, 0.3) is 11.6 Å². The van der Waals surface area contributed by atoms with E-state index in [0.717, 1.165) is 40.4 Å². The van der Waals surface area contributed by atoms with Crippen LogP contribution in [-0.2, 0) is 17.6 Å². The number of nitrogens with zero attached hydrogens (tertiary/aromatic N) is 2. The monoisotopic (exact) mass is 533 g/mol. The first-order valence-corrected chi connectivity index (χ1v) is 11.4. The van der Waals surface area contributed by atoms with Crippen LogP contribution in [0.4, 0.5) is 24.5 Å². The van der Waals surface area contributed by atoms with Crippen LogP contribution in [0.1, 0.15) is 16.7 Å². The first-order valence-electron chi connectivity index (χ1n) is 10.2. The molecule has 3 aromatic carbocycles. The zero-order valence-corrected chi connectivity index (χ0v) is 19.7. The fourth-order valence-electron chi connectivity index (χ4n) is 3.32. The number of nitro groups is 1. The molecule has 1 saturated heterocycles. The average Bonchev–Trinajstić information content (AvgIpc) is 3.11. The standard InChI is InChI=1S/C24H15ClF3N3O4S/c25-17-6-4-14(5-7-17)13-35-20-9-8-19(31(33)34)10-15(20)11-21-22(32)30(23(29)36-21)18-3-1-2-16(12-18)24(26,27)28/h1-12,29H,13H2. The molecule has 184 valence electrons. The summed E-state index contributed by atoms with van der Waals surface area (Å²) in [6.45, 7) is 0.110. The molecule has 3 aromatic rings. The summed E-state index contributed by atoms with van der Waals surface area (Å²) in [5, 5.41) is 19.7. The lowest BCUT2D eigenvalue weighted by Gasteiger charge is -2.16. The fourth-order valence-corrected chi connectivity index (χ4v) is 4.30. The van der Waals surface area contributed by atoms with Gasteiger partial charge in [0, 0.05) is 22.7 Å². The summed E-state index contributed by atoms with van der Waals surface area (Å²) in [6, 6.07) is 14.8. The van der Waals surface area contributed by atoms with E-state index in [1.54, 1.807) is 24.3 Å². The van der Waals surface area contributed by atoms with Gasteiger partial charge in [0.05, 0.1) is 21.1 Å². The van der Waals surface area contributed by atoms with Gasteiger partial charge >= 0.3 is 6.18 Å². The van der Waals surface area contributed by atoms with Crippen LogP contribution in [0.2, 0.25) is 5.02 Å². The van der Waals surface area contributed by atoms with E-state index in [2.05, 4.69) is 0 Å². The minimum atomic E-state index is -4.62. The van der Waals surface area contributed by atoms with Crippen LogP contribution in [0.15, 0.2) is 71.6 Å². The minimum absolute atomic E-state index is 0.00532. The quantitative estimate of drug-likeness (QED) is 0.211. The third-order valence-corrected chi connectivity index (χ3v) is 6.19. The van der Waals surface area contributed by atoms with E-state index in [1.165, 1.54) is 30.3 Å². The van der Waals surface area contributed by atoms with Crippen LogP contribution in [0.5, 0.6) is 5.75 Å². The van der Waals surface area contributed by atoms with Gasteiger partial charge in [-0.2, -0.15) is 13.2 Å². The van der Waals surface area contributed by atoms with E-state index in [4.69, 9.17) is 21.7 Å². The van der Waals surface area contributed by atoms with Gasteiger partial charge in [0.15, 0.2) is 5.17 Å². The minimum Gasteiger partial charge on any atom is -0.488 e. The summed E-state index contributed by atoms with van der Waals surface area (Å²) >= 11 is 6.61. The number of hydrogen-bond donors (Lipinski definition) is 1. The molecule has 1 aliphatic rings. The van der Waals surface area contributed by atoms with Gasteiger partial charge in [-0.05, 0) is 59.8 Å². The topological polar surface area (TPSA) is 96.5 Å². The van der Waals surface area contributed by atoms with Gasteiger partial charge < -0.3 is 4.74 Å². The highest BCUT2D eigenvalue weighted by molar-refractivity contribution is 8.19. The number of benzene rings is 3. The number of hydrogen-bond acceptors (Lipinski definition) is 6. The second-order valence-corrected chi connectivity index (χ2v) is 8.97. The number of alkyl halides is 3. The number of amidine groups is 1. The smallest absolute Gasteiger partial charge is 0.416 e. The van der Waals surface area contributed by atoms with Gasteiger partial charge in [-0.1, -0.05) is 29.8 Å². The van der Waals surface area contributed by atoms with Crippen molar-refractivity contribution in [2.45, 2.75) is 12.8 Å². The normalized spacial score (nSPS) is 15.0. The maximum atomic E-state index is 13.1. The number of carbonyl (C=O) groups excluding carboxylic acids is 1. The Bertz CT molecular complexity index is 1390. The first-order chi connectivity index (χ1) is 17.0. The summed E-state index contributed by atoms with van der Waals surface area (Å²) in [5.41, 5.74) is -0.345. The molecule has 1 fully saturated rings. The van der Waals surface area contributed by atoms with E-state index < -0.39 is 22.6 Å². The lowest BCUT2D eigenvalue weighted by atomic mass is 10.1. The maximum Gasteiger partial charge on any atom is 0.416 e. The molecule has 0 radical (unpaired) electrons. The molecule has 1 N–H and O–H groups in total. The van der Waals surface area contributed by atoms with Crippen molar-refractivity contribution in [1.29, 1.82) is 5.41 Å². The van der Waals surface area contributed by atoms with Gasteiger partial charge in [-0.25, -0.2) is 0 Å². The van der Waals surface area contributed by atoms with Crippen molar-refractivity contribution in [2.24, 2.45) is 0 Å². The molecular formula is C24H15ClF3N3O4S. The van der Waals surface area contributed by atoms with Gasteiger partial charge in [0.1, 0.15) is 12.4 Å². The highest BCUT2D eigenvalue weighted by atomic mass is 35.5. The van der Waals surface area contributed by atoms with Crippen LogP contribution in [-0.4, -0.2) is 16.0 Å². The highest BCUT2D eigenvalue weighted by Gasteiger charge is 2.36. The Balaban J connectivity index is 1.66. The number of carbonyl (C=O) groups is 1. The number of rotatable bonds is 6. The Hall–Kier alpha value is -3.83. The van der Waals surface area contributed by atoms with Crippen LogP contribution in [0.3, 0.4) is 0 Å². The number of thioether (sulfide) groups is 1. The highest BCUT2D eigenvalue weighted by Crippen LogP contribution is 2.39. The van der Waals surface area contributed by atoms with Crippen molar-refractivity contribution in [1.82, 2.24) is 0 Å². The molecule has 1 aliphatic heterocycles. The molecule has 0 spiro atoms. The van der Waals surface area contributed by atoms with Crippen molar-refractivity contribution in [3.05, 3.63) is 103 Å². The summed E-state index contributed by atoms with van der Waals surface area (Å²) in [4.78, 5) is 24.6. The van der Waals surface area contributed by atoms with E-state index >= 15 is 0 Å². The predicted octanol–water partition coefficient (Wildman–Crippen LogP) is 6.90. The Labute approximate surface area is 211 Å². The Morgan fingerprint density at radius 1 is 1.11 bits per heavy atom. The summed E-state index contributed by atoms with van der Waals surface area (Å²) in [5.74, 6) is -0.500. The van der Waals surface area contributed by atoms with Crippen molar-refractivity contribution in [3.63, 3.8) is 0 Å². The molecule has 0 aliphatic carbocycles. The third-order valence-electron chi connectivity index (χ3n) is 5.05. The van der Waals surface area contributed by atoms with Crippen LogP contribution in [0, 0.1) is 15.5 Å². The second kappa shape index (κ2) is 10.0. The number of non-ortho nitro benzene ring substituents is 1. The molecule has 0 atom stereocenters. The number of halogens is 4. The van der Waals surface area contributed by atoms with Gasteiger partial charge in [-0.3, -0.25) is 25.2 Å². The largest absolute Gasteiger partial charge is 0.488 e. The number of nitrogens with one attached hydrogen (secondary N) is 1. The molecule has 0 saturated carbocycles. The Kier molecular flexibility index (Phi) is 7.04. The van der Waals surface area contributed by atoms with E-state index in [-0.39, 0.29) is 39.4 Å². The zero-order chi connectivity index (χ0) is 26.0. The van der Waals surface area contributed by atoms with Crippen LogP contribution < -0.4 is 9.64 Å². The van der Waals surface area contributed by atoms with E-state index in [9.17, 15) is 28.1 Å². The SMILES string of the molecule is N=C1SC(=Cc2cc([N+](=O)[O-])ccc2OCc2ccc(Cl)cc2)C(=O)N1c1cccc(C(F)(F)F)c1. The number of amides is 1. The molecule has 4 rings (SSSR count). The molecule has 0 unspecified atom stereocenters. The van der Waals surface area contributed by atoms with Crippen LogP contribution in [0.25, 0.3) is 6.08 Å². The molecule has 1 amide bonds. The Morgan fingerprint density at radius 3 is 2.50 bits per heavy atom. The molecule has 0 bridgehead atoms. The average molecular weight is 534 g/mol. The van der Waals surface area contributed by atoms with Crippen LogP contribution >= 0.6 is 23.4 Å². The lowest BCUT2D eigenvalue weighted by molar-refractivity contribution is -0.384. The van der Waals surface area contributed by atoms with E-state index in [1.807, 2.05) is 0 Å². The summed E-state index contributed by atoms with van der Waals surface area (Å²) in [6.07, 6.45) is -3.30. The molecule has 7 nitrogen and oxygen atoms in total. The van der Waals surface area contributed by atoms with Crippen molar-refractivity contribution >= 4 is 51.9 Å². The molecule has 36 heavy (non-hydrogen) atoms. The van der Waals surface area contributed by atoms with E-state index in [0.29, 0.717) is 5.02 Å². The first kappa shape index (κ1) is 25.3. The lowest BCUT2D eigenvalue weighted by Crippen LogP contribution is -2.28. The predicted molar refractivity (Wildman–Crippen MR) is 131 cm³/mol. The second-order valence-electron chi connectivity index (χ2n) is 7.50. The molecule has 12 heteroatoms.